The Morgan fingerprint density at radius 2 is 1.97 bits per heavy atom. The van der Waals surface area contributed by atoms with Crippen molar-refractivity contribution in [2.45, 2.75) is 40.4 Å². The first kappa shape index (κ1) is 25.4. The van der Waals surface area contributed by atoms with E-state index in [1.165, 1.54) is 6.20 Å². The number of halogens is 1. The van der Waals surface area contributed by atoms with Crippen LogP contribution in [-0.2, 0) is 18.4 Å². The van der Waals surface area contributed by atoms with Gasteiger partial charge in [-0.1, -0.05) is 44.5 Å². The van der Waals surface area contributed by atoms with E-state index in [0.717, 1.165) is 27.9 Å². The Balaban J connectivity index is 1.70. The van der Waals surface area contributed by atoms with Gasteiger partial charge >= 0.3 is 0 Å². The van der Waals surface area contributed by atoms with Gasteiger partial charge in [0.25, 0.3) is 5.91 Å². The quantitative estimate of drug-likeness (QED) is 0.374. The second kappa shape index (κ2) is 10.1. The number of benzene rings is 1. The van der Waals surface area contributed by atoms with Crippen LogP contribution in [0.3, 0.4) is 0 Å². The number of carbonyl (C=O) groups is 1. The molecule has 1 unspecified atom stereocenters. The Morgan fingerprint density at radius 1 is 1.19 bits per heavy atom. The van der Waals surface area contributed by atoms with E-state index >= 15 is 0 Å². The largest absolute Gasteiger partial charge is 0.486 e. The standard InChI is InChI=1S/C27H30ClN5O3/c1-16-12-18(21-10-11-31-33(21)6)17-8-7-9-22(24(17)32-16)35-15-19-20(28)13-30-14-23(19)36-25(26(34)29-5)27(2,3)4/h7-14,25H,15H2,1-6H3,(H,29,34). The lowest BCUT2D eigenvalue weighted by molar-refractivity contribution is -0.132. The number of nitrogens with one attached hydrogen (secondary N) is 1. The Kier molecular flexibility index (Phi) is 7.17. The Hall–Kier alpha value is -3.65. The highest BCUT2D eigenvalue weighted by Crippen LogP contribution is 2.35. The van der Waals surface area contributed by atoms with E-state index in [1.807, 2.05) is 69.8 Å². The first-order valence-electron chi connectivity index (χ1n) is 11.6. The fourth-order valence-electron chi connectivity index (χ4n) is 4.03. The summed E-state index contributed by atoms with van der Waals surface area (Å²) in [5.41, 5.74) is 3.74. The third-order valence-electron chi connectivity index (χ3n) is 5.88. The van der Waals surface area contributed by atoms with Gasteiger partial charge in [-0.2, -0.15) is 5.10 Å². The van der Waals surface area contributed by atoms with Gasteiger partial charge in [0.2, 0.25) is 0 Å². The minimum Gasteiger partial charge on any atom is -0.486 e. The van der Waals surface area contributed by atoms with Gasteiger partial charge in [0.05, 0.1) is 22.5 Å². The van der Waals surface area contributed by atoms with Gasteiger partial charge < -0.3 is 14.8 Å². The monoisotopic (exact) mass is 507 g/mol. The molecule has 0 aliphatic heterocycles. The van der Waals surface area contributed by atoms with Gasteiger partial charge in [-0.25, -0.2) is 4.98 Å². The zero-order valence-electron chi connectivity index (χ0n) is 21.3. The summed E-state index contributed by atoms with van der Waals surface area (Å²) < 4.78 is 14.2. The normalized spacial score (nSPS) is 12.4. The SMILES string of the molecule is CNC(=O)C(Oc1cncc(Cl)c1COc1cccc2c(-c3ccnn3C)cc(C)nc12)C(C)(C)C. The molecule has 0 radical (unpaired) electrons. The number of fused-ring (bicyclic) bond motifs is 1. The predicted octanol–water partition coefficient (Wildman–Crippen LogP) is 5.11. The number of pyridine rings is 2. The fourth-order valence-corrected chi connectivity index (χ4v) is 4.24. The summed E-state index contributed by atoms with van der Waals surface area (Å²) >= 11 is 6.51. The third-order valence-corrected chi connectivity index (χ3v) is 6.21. The summed E-state index contributed by atoms with van der Waals surface area (Å²) in [6.07, 6.45) is 4.11. The summed E-state index contributed by atoms with van der Waals surface area (Å²) in [6, 6.07) is 9.84. The van der Waals surface area contributed by atoms with E-state index in [-0.39, 0.29) is 12.5 Å². The van der Waals surface area contributed by atoms with Crippen LogP contribution < -0.4 is 14.8 Å². The average molecular weight is 508 g/mol. The van der Waals surface area contributed by atoms with Crippen LogP contribution in [0.4, 0.5) is 0 Å². The highest BCUT2D eigenvalue weighted by atomic mass is 35.5. The van der Waals surface area contributed by atoms with Crippen molar-refractivity contribution in [2.24, 2.45) is 12.5 Å². The molecule has 9 heteroatoms. The number of amides is 1. The molecule has 8 nitrogen and oxygen atoms in total. The van der Waals surface area contributed by atoms with Crippen LogP contribution in [0, 0.1) is 12.3 Å². The summed E-state index contributed by atoms with van der Waals surface area (Å²) in [5, 5.41) is 8.31. The number of nitrogens with zero attached hydrogens (tertiary/aromatic N) is 4. The van der Waals surface area contributed by atoms with Crippen molar-refractivity contribution in [3.05, 3.63) is 65.2 Å². The maximum Gasteiger partial charge on any atom is 0.261 e. The number of rotatable bonds is 7. The molecular weight excluding hydrogens is 478 g/mol. The second-order valence-corrected chi connectivity index (χ2v) is 10.1. The van der Waals surface area contributed by atoms with Gasteiger partial charge in [-0.15, -0.1) is 0 Å². The zero-order chi connectivity index (χ0) is 26.0. The van der Waals surface area contributed by atoms with Crippen molar-refractivity contribution in [3.8, 4) is 22.8 Å². The van der Waals surface area contributed by atoms with Gasteiger partial charge in [-0.3, -0.25) is 14.5 Å². The molecule has 1 N–H and O–H groups in total. The molecule has 0 aliphatic rings. The van der Waals surface area contributed by atoms with Crippen molar-refractivity contribution in [2.75, 3.05) is 7.05 Å². The molecular formula is C27H30ClN5O3. The van der Waals surface area contributed by atoms with Gasteiger partial charge in [0.15, 0.2) is 6.10 Å². The maximum absolute atomic E-state index is 12.5. The lowest BCUT2D eigenvalue weighted by atomic mass is 9.88. The predicted molar refractivity (Wildman–Crippen MR) is 140 cm³/mol. The van der Waals surface area contributed by atoms with Crippen LogP contribution in [-0.4, -0.2) is 38.8 Å². The summed E-state index contributed by atoms with van der Waals surface area (Å²) in [4.78, 5) is 21.5. The molecule has 0 fully saturated rings. The zero-order valence-corrected chi connectivity index (χ0v) is 22.1. The smallest absolute Gasteiger partial charge is 0.261 e. The van der Waals surface area contributed by atoms with Crippen LogP contribution in [0.2, 0.25) is 5.02 Å². The van der Waals surface area contributed by atoms with Gasteiger partial charge in [0, 0.05) is 48.5 Å². The first-order chi connectivity index (χ1) is 17.1. The number of hydrogen-bond donors (Lipinski definition) is 1. The molecule has 0 aliphatic carbocycles. The van der Waals surface area contributed by atoms with E-state index in [2.05, 4.69) is 15.4 Å². The maximum atomic E-state index is 12.5. The lowest BCUT2D eigenvalue weighted by Crippen LogP contribution is -2.45. The number of aryl methyl sites for hydroxylation is 2. The molecule has 0 saturated carbocycles. The molecule has 0 spiro atoms. The van der Waals surface area contributed by atoms with Crippen LogP contribution >= 0.6 is 11.6 Å². The average Bonchev–Trinajstić information content (AvgIpc) is 3.26. The number of ether oxygens (including phenoxy) is 2. The molecule has 4 rings (SSSR count). The Morgan fingerprint density at radius 3 is 2.64 bits per heavy atom. The highest BCUT2D eigenvalue weighted by molar-refractivity contribution is 6.31. The van der Waals surface area contributed by atoms with E-state index < -0.39 is 11.5 Å². The van der Waals surface area contributed by atoms with E-state index in [0.29, 0.717) is 22.1 Å². The van der Waals surface area contributed by atoms with Gasteiger partial charge in [-0.05, 0) is 25.1 Å². The molecule has 4 aromatic rings. The fraction of sp³-hybridized carbons (Fsp3) is 0.333. The molecule has 3 aromatic heterocycles. The highest BCUT2D eigenvalue weighted by Gasteiger charge is 2.33. The molecule has 1 atom stereocenters. The van der Waals surface area contributed by atoms with E-state index in [9.17, 15) is 4.79 Å². The number of carbonyl (C=O) groups excluding carboxylic acids is 1. The van der Waals surface area contributed by atoms with Crippen LogP contribution in [0.1, 0.15) is 32.0 Å². The minimum absolute atomic E-state index is 0.108. The molecule has 1 amide bonds. The topological polar surface area (TPSA) is 91.2 Å². The number of likely N-dealkylation sites (N-methyl/N-ethyl adjacent to an activating group) is 1. The summed E-state index contributed by atoms with van der Waals surface area (Å²) in [5.74, 6) is 0.772. The summed E-state index contributed by atoms with van der Waals surface area (Å²) in [6.45, 7) is 7.87. The van der Waals surface area contributed by atoms with Crippen LogP contribution in [0.15, 0.2) is 48.9 Å². The minimum atomic E-state index is -0.746. The molecule has 188 valence electrons. The Labute approximate surface area is 215 Å². The van der Waals surface area contributed by atoms with Crippen molar-refractivity contribution < 1.29 is 14.3 Å². The third kappa shape index (κ3) is 5.14. The molecule has 36 heavy (non-hydrogen) atoms. The van der Waals surface area contributed by atoms with E-state index in [1.54, 1.807) is 19.4 Å². The summed E-state index contributed by atoms with van der Waals surface area (Å²) in [7, 11) is 3.49. The molecule has 0 bridgehead atoms. The number of aromatic nitrogens is 4. The number of hydrogen-bond acceptors (Lipinski definition) is 6. The second-order valence-electron chi connectivity index (χ2n) is 9.67. The van der Waals surface area contributed by atoms with E-state index in [4.69, 9.17) is 26.1 Å². The van der Waals surface area contributed by atoms with Crippen LogP contribution in [0.25, 0.3) is 22.2 Å². The van der Waals surface area contributed by atoms with Gasteiger partial charge in [0.1, 0.15) is 23.6 Å². The Bertz CT molecular complexity index is 1410. The van der Waals surface area contributed by atoms with Crippen LogP contribution in [0.5, 0.6) is 11.5 Å². The van der Waals surface area contributed by atoms with Crippen molar-refractivity contribution in [1.82, 2.24) is 25.1 Å². The number of para-hydroxylation sites is 1. The van der Waals surface area contributed by atoms with Crippen molar-refractivity contribution in [3.63, 3.8) is 0 Å². The van der Waals surface area contributed by atoms with Crippen molar-refractivity contribution in [1.29, 1.82) is 0 Å². The van der Waals surface area contributed by atoms with Crippen molar-refractivity contribution >= 4 is 28.4 Å². The molecule has 0 saturated heterocycles. The molecule has 3 heterocycles. The lowest BCUT2D eigenvalue weighted by Gasteiger charge is -2.30. The molecule has 1 aromatic carbocycles. The first-order valence-corrected chi connectivity index (χ1v) is 12.0.